The molecule has 1 aromatic heterocycles. The summed E-state index contributed by atoms with van der Waals surface area (Å²) in [4.78, 5) is 16.9. The van der Waals surface area contributed by atoms with Crippen LogP contribution in [-0.4, -0.2) is 33.0 Å². The van der Waals surface area contributed by atoms with E-state index in [0.29, 0.717) is 10.2 Å². The number of hydrogen-bond acceptors (Lipinski definition) is 5. The van der Waals surface area contributed by atoms with E-state index in [0.717, 1.165) is 4.47 Å². The average Bonchev–Trinajstić information content (AvgIpc) is 3.05. The molecule has 1 amide bonds. The molecule has 0 atom stereocenters. The maximum absolute atomic E-state index is 12.3. The fourth-order valence-electron chi connectivity index (χ4n) is 1.76. The maximum atomic E-state index is 12.3. The van der Waals surface area contributed by atoms with E-state index in [4.69, 9.17) is 9.25 Å². The van der Waals surface area contributed by atoms with Crippen LogP contribution in [-0.2, 0) is 21.4 Å². The molecule has 0 bridgehead atoms. The van der Waals surface area contributed by atoms with Gasteiger partial charge in [0, 0.05) is 11.5 Å². The first-order valence-corrected chi connectivity index (χ1v) is 8.72. The Kier molecular flexibility index (Phi) is 5.58. The molecule has 0 radical (unpaired) electrons. The van der Waals surface area contributed by atoms with Gasteiger partial charge in [-0.25, -0.2) is 8.42 Å². The largest absolute Gasteiger partial charge is 0.467 e. The number of nitrogens with one attached hydrogen (secondary N) is 1. The van der Waals surface area contributed by atoms with Gasteiger partial charge in [0.15, 0.2) is 0 Å². The van der Waals surface area contributed by atoms with E-state index < -0.39 is 15.9 Å². The fraction of sp³-hybridized carbons (Fsp3) is 0.214. The van der Waals surface area contributed by atoms with Gasteiger partial charge in [0.05, 0.1) is 30.4 Å². The van der Waals surface area contributed by atoms with Crippen molar-refractivity contribution in [2.45, 2.75) is 11.4 Å². The maximum Gasteiger partial charge on any atom is 0.264 e. The summed E-state index contributed by atoms with van der Waals surface area (Å²) in [7, 11) is -1.31. The number of rotatable bonds is 6. The van der Waals surface area contributed by atoms with Gasteiger partial charge in [-0.05, 0) is 46.3 Å². The molecule has 0 aliphatic carbocycles. The highest BCUT2D eigenvalue weighted by molar-refractivity contribution is 9.10. The van der Waals surface area contributed by atoms with Crippen LogP contribution in [0.2, 0.25) is 0 Å². The van der Waals surface area contributed by atoms with E-state index >= 15 is 0 Å². The van der Waals surface area contributed by atoms with E-state index in [9.17, 15) is 13.2 Å². The first-order valence-electron chi connectivity index (χ1n) is 6.49. The smallest absolute Gasteiger partial charge is 0.264 e. The minimum absolute atomic E-state index is 0.0480. The minimum atomic E-state index is -3.83. The summed E-state index contributed by atoms with van der Waals surface area (Å²) >= 11 is 3.25. The highest BCUT2D eigenvalue weighted by Gasteiger charge is 2.23. The molecule has 2 rings (SSSR count). The average molecular weight is 403 g/mol. The zero-order chi connectivity index (χ0) is 17.0. The van der Waals surface area contributed by atoms with Gasteiger partial charge in [-0.1, -0.05) is 4.47 Å². The second kappa shape index (κ2) is 7.26. The number of carbonyl (C=O) groups is 1. The van der Waals surface area contributed by atoms with E-state index in [1.54, 1.807) is 12.1 Å². The first-order chi connectivity index (χ1) is 10.9. The number of benzene rings is 1. The Morgan fingerprint density at radius 2 is 2.13 bits per heavy atom. The molecule has 2 aromatic rings. The topological polar surface area (TPSA) is 88.8 Å². The number of sulfonamides is 1. The Labute approximate surface area is 142 Å². The zero-order valence-electron chi connectivity index (χ0n) is 12.4. The van der Waals surface area contributed by atoms with Crippen LogP contribution in [0.25, 0.3) is 0 Å². The van der Waals surface area contributed by atoms with E-state index in [1.165, 1.54) is 38.6 Å². The number of hydrogen-bond donors (Lipinski definition) is 1. The van der Waals surface area contributed by atoms with Gasteiger partial charge in [-0.15, -0.1) is 0 Å². The molecule has 23 heavy (non-hydrogen) atoms. The van der Waals surface area contributed by atoms with Crippen molar-refractivity contribution in [1.29, 1.82) is 0 Å². The van der Waals surface area contributed by atoms with E-state index in [-0.39, 0.29) is 17.0 Å². The Hall–Kier alpha value is -1.68. The molecule has 0 spiro atoms. The van der Waals surface area contributed by atoms with Crippen LogP contribution in [0.1, 0.15) is 16.1 Å². The second-order valence-electron chi connectivity index (χ2n) is 4.50. The SMILES string of the molecule is CON(C)S(=O)(=O)c1ccc(Br)c(C(=O)NCc2ccco2)c1. The molecule has 9 heteroatoms. The predicted octanol–water partition coefficient (Wildman–Crippen LogP) is 2.15. The van der Waals surface area contributed by atoms with Crippen molar-refractivity contribution in [3.05, 3.63) is 52.4 Å². The molecule has 0 saturated heterocycles. The molecule has 1 aromatic carbocycles. The van der Waals surface area contributed by atoms with Gasteiger partial charge in [0.1, 0.15) is 5.76 Å². The molecule has 0 aliphatic rings. The molecule has 1 N–H and O–H groups in total. The Morgan fingerprint density at radius 3 is 2.74 bits per heavy atom. The standard InChI is InChI=1S/C14H15BrN2O5S/c1-17(21-2)23(19,20)11-5-6-13(15)12(8-11)14(18)16-9-10-4-3-7-22-10/h3-8H,9H2,1-2H3,(H,16,18). The van der Waals surface area contributed by atoms with Gasteiger partial charge in [0.25, 0.3) is 15.9 Å². The lowest BCUT2D eigenvalue weighted by Gasteiger charge is -2.15. The third-order valence-corrected chi connectivity index (χ3v) is 5.45. The molecule has 0 unspecified atom stereocenters. The van der Waals surface area contributed by atoms with E-state index in [1.807, 2.05) is 0 Å². The zero-order valence-corrected chi connectivity index (χ0v) is 14.8. The second-order valence-corrected chi connectivity index (χ2v) is 7.29. The van der Waals surface area contributed by atoms with Crippen LogP contribution in [0, 0.1) is 0 Å². The van der Waals surface area contributed by atoms with Gasteiger partial charge in [-0.3, -0.25) is 9.63 Å². The third-order valence-electron chi connectivity index (χ3n) is 3.08. The Morgan fingerprint density at radius 1 is 1.39 bits per heavy atom. The van der Waals surface area contributed by atoms with Gasteiger partial charge >= 0.3 is 0 Å². The van der Waals surface area contributed by atoms with Crippen molar-refractivity contribution in [1.82, 2.24) is 9.79 Å². The van der Waals surface area contributed by atoms with Crippen molar-refractivity contribution >= 4 is 31.9 Å². The normalized spacial score (nSPS) is 11.7. The van der Waals surface area contributed by atoms with Crippen molar-refractivity contribution < 1.29 is 22.5 Å². The lowest BCUT2D eigenvalue weighted by atomic mass is 10.2. The Bertz CT molecular complexity index is 790. The minimum Gasteiger partial charge on any atom is -0.467 e. The van der Waals surface area contributed by atoms with Crippen molar-refractivity contribution in [3.8, 4) is 0 Å². The van der Waals surface area contributed by atoms with Gasteiger partial charge in [-0.2, -0.15) is 0 Å². The molecular weight excluding hydrogens is 388 g/mol. The monoisotopic (exact) mass is 402 g/mol. The molecule has 124 valence electrons. The molecule has 7 nitrogen and oxygen atoms in total. The summed E-state index contributed by atoms with van der Waals surface area (Å²) in [5.74, 6) is 0.169. The van der Waals surface area contributed by atoms with Crippen molar-refractivity contribution in [2.24, 2.45) is 0 Å². The number of furan rings is 1. The number of amides is 1. The summed E-state index contributed by atoms with van der Waals surface area (Å²) in [6.45, 7) is 0.202. The highest BCUT2D eigenvalue weighted by atomic mass is 79.9. The molecule has 0 saturated carbocycles. The predicted molar refractivity (Wildman–Crippen MR) is 86.0 cm³/mol. The fourth-order valence-corrected chi connectivity index (χ4v) is 3.19. The number of halogens is 1. The molecule has 0 fully saturated rings. The van der Waals surface area contributed by atoms with Crippen LogP contribution in [0.5, 0.6) is 0 Å². The molecule has 1 heterocycles. The van der Waals surface area contributed by atoms with Crippen molar-refractivity contribution in [2.75, 3.05) is 14.2 Å². The number of nitrogens with zero attached hydrogens (tertiary/aromatic N) is 1. The molecular formula is C14H15BrN2O5S. The summed E-state index contributed by atoms with van der Waals surface area (Å²) < 4.78 is 30.8. The van der Waals surface area contributed by atoms with Crippen LogP contribution in [0.3, 0.4) is 0 Å². The lowest BCUT2D eigenvalue weighted by molar-refractivity contribution is -0.0258. The highest BCUT2D eigenvalue weighted by Crippen LogP contribution is 2.23. The quantitative estimate of drug-likeness (QED) is 0.747. The lowest BCUT2D eigenvalue weighted by Crippen LogP contribution is -2.27. The van der Waals surface area contributed by atoms with Crippen LogP contribution in [0.4, 0.5) is 0 Å². The van der Waals surface area contributed by atoms with Crippen LogP contribution < -0.4 is 5.32 Å². The molecule has 0 aliphatic heterocycles. The van der Waals surface area contributed by atoms with Gasteiger partial charge < -0.3 is 9.73 Å². The summed E-state index contributed by atoms with van der Waals surface area (Å²) in [5, 5.41) is 2.66. The summed E-state index contributed by atoms with van der Waals surface area (Å²) in [6, 6.07) is 7.61. The summed E-state index contributed by atoms with van der Waals surface area (Å²) in [5.41, 5.74) is 0.196. The van der Waals surface area contributed by atoms with E-state index in [2.05, 4.69) is 21.2 Å². The first kappa shape index (κ1) is 17.7. The van der Waals surface area contributed by atoms with Crippen molar-refractivity contribution in [3.63, 3.8) is 0 Å². The van der Waals surface area contributed by atoms with Crippen LogP contribution in [0.15, 0.2) is 50.4 Å². The number of carbonyl (C=O) groups excluding carboxylic acids is 1. The Balaban J connectivity index is 2.25. The third kappa shape index (κ3) is 3.99. The summed E-state index contributed by atoms with van der Waals surface area (Å²) in [6.07, 6.45) is 1.51. The number of hydroxylamine groups is 1. The van der Waals surface area contributed by atoms with Crippen LogP contribution >= 0.6 is 15.9 Å². The van der Waals surface area contributed by atoms with Gasteiger partial charge in [0.2, 0.25) is 0 Å².